The van der Waals surface area contributed by atoms with E-state index >= 15 is 0 Å². The zero-order valence-electron chi connectivity index (χ0n) is 11.7. The lowest BCUT2D eigenvalue weighted by Crippen LogP contribution is -2.45. The molecule has 0 bridgehead atoms. The van der Waals surface area contributed by atoms with Crippen LogP contribution in [0.25, 0.3) is 0 Å². The van der Waals surface area contributed by atoms with Crippen molar-refractivity contribution in [2.75, 3.05) is 20.1 Å². The fourth-order valence-electron chi connectivity index (χ4n) is 2.50. The molecule has 1 aromatic rings. The van der Waals surface area contributed by atoms with Crippen molar-refractivity contribution in [2.45, 2.75) is 26.3 Å². The Morgan fingerprint density at radius 3 is 2.79 bits per heavy atom. The van der Waals surface area contributed by atoms with Crippen molar-refractivity contribution >= 4 is 5.96 Å². The Hall–Kier alpha value is -1.58. The summed E-state index contributed by atoms with van der Waals surface area (Å²) in [5, 5.41) is 3.35. The van der Waals surface area contributed by atoms with Gasteiger partial charge in [-0.15, -0.1) is 0 Å². The van der Waals surface area contributed by atoms with Crippen LogP contribution in [0.2, 0.25) is 0 Å². The molecule has 0 aromatic heterocycles. The minimum atomic E-state index is -0.196. The number of rotatable bonds is 2. The van der Waals surface area contributed by atoms with Crippen molar-refractivity contribution in [1.29, 1.82) is 0 Å². The van der Waals surface area contributed by atoms with Gasteiger partial charge in [-0.05, 0) is 36.5 Å². The summed E-state index contributed by atoms with van der Waals surface area (Å²) in [4.78, 5) is 6.64. The predicted molar refractivity (Wildman–Crippen MR) is 76.6 cm³/mol. The minimum Gasteiger partial charge on any atom is -0.352 e. The number of likely N-dealkylation sites (tertiary alicyclic amines) is 1. The number of aliphatic imine (C=N–C) groups is 1. The lowest BCUT2D eigenvalue weighted by atomic mass is 10.0. The van der Waals surface area contributed by atoms with E-state index in [1.807, 2.05) is 7.05 Å². The van der Waals surface area contributed by atoms with Crippen LogP contribution in [0.5, 0.6) is 0 Å². The number of benzene rings is 1. The van der Waals surface area contributed by atoms with Crippen molar-refractivity contribution < 1.29 is 4.39 Å². The summed E-state index contributed by atoms with van der Waals surface area (Å²) in [5.74, 6) is 1.46. The number of piperidine rings is 1. The maximum Gasteiger partial charge on any atom is 0.193 e. The highest BCUT2D eigenvalue weighted by Crippen LogP contribution is 2.15. The molecule has 0 saturated carbocycles. The van der Waals surface area contributed by atoms with Crippen LogP contribution in [-0.4, -0.2) is 31.0 Å². The molecule has 1 N–H and O–H groups in total. The smallest absolute Gasteiger partial charge is 0.193 e. The molecule has 0 aliphatic carbocycles. The number of nitrogens with one attached hydrogen (secondary N) is 1. The first-order chi connectivity index (χ1) is 9.19. The van der Waals surface area contributed by atoms with E-state index in [2.05, 4.69) is 22.1 Å². The number of hydrogen-bond donors (Lipinski definition) is 1. The van der Waals surface area contributed by atoms with Crippen molar-refractivity contribution in [3.63, 3.8) is 0 Å². The maximum atomic E-state index is 12.8. The first kappa shape index (κ1) is 13.8. The lowest BCUT2D eigenvalue weighted by Gasteiger charge is -2.33. The van der Waals surface area contributed by atoms with E-state index in [4.69, 9.17) is 0 Å². The Kier molecular flexibility index (Phi) is 4.77. The second kappa shape index (κ2) is 6.55. The highest BCUT2D eigenvalue weighted by atomic mass is 19.1. The molecule has 1 saturated heterocycles. The fraction of sp³-hybridized carbons (Fsp3) is 0.533. The molecule has 2 rings (SSSR count). The van der Waals surface area contributed by atoms with E-state index in [1.54, 1.807) is 12.1 Å². The van der Waals surface area contributed by atoms with Crippen molar-refractivity contribution in [3.05, 3.63) is 35.6 Å². The lowest BCUT2D eigenvalue weighted by molar-refractivity contribution is 0.266. The van der Waals surface area contributed by atoms with Gasteiger partial charge in [-0.1, -0.05) is 19.1 Å². The zero-order chi connectivity index (χ0) is 13.7. The maximum absolute atomic E-state index is 12.8. The molecule has 1 aromatic carbocycles. The van der Waals surface area contributed by atoms with E-state index in [1.165, 1.54) is 25.0 Å². The molecule has 1 fully saturated rings. The minimum absolute atomic E-state index is 0.196. The third kappa shape index (κ3) is 3.94. The average molecular weight is 263 g/mol. The summed E-state index contributed by atoms with van der Waals surface area (Å²) in [6.07, 6.45) is 2.52. The van der Waals surface area contributed by atoms with E-state index in [0.29, 0.717) is 6.54 Å². The third-order valence-electron chi connectivity index (χ3n) is 3.53. The normalized spacial score (nSPS) is 20.5. The highest BCUT2D eigenvalue weighted by molar-refractivity contribution is 5.79. The molecule has 0 amide bonds. The summed E-state index contributed by atoms with van der Waals surface area (Å²) < 4.78 is 12.8. The quantitative estimate of drug-likeness (QED) is 0.656. The van der Waals surface area contributed by atoms with E-state index in [0.717, 1.165) is 30.5 Å². The van der Waals surface area contributed by atoms with E-state index < -0.39 is 0 Å². The van der Waals surface area contributed by atoms with Gasteiger partial charge in [-0.3, -0.25) is 4.99 Å². The molecule has 1 unspecified atom stereocenters. The fourth-order valence-corrected chi connectivity index (χ4v) is 2.50. The third-order valence-corrected chi connectivity index (χ3v) is 3.53. The van der Waals surface area contributed by atoms with Crippen LogP contribution in [0.4, 0.5) is 4.39 Å². The van der Waals surface area contributed by atoms with Crippen LogP contribution in [-0.2, 0) is 6.54 Å². The second-order valence-corrected chi connectivity index (χ2v) is 5.22. The van der Waals surface area contributed by atoms with Crippen molar-refractivity contribution in [1.82, 2.24) is 10.2 Å². The summed E-state index contributed by atoms with van der Waals surface area (Å²) in [7, 11) is 1.81. The molecule has 19 heavy (non-hydrogen) atoms. The first-order valence-electron chi connectivity index (χ1n) is 6.89. The SMILES string of the molecule is CN=C(NCc1ccc(F)cc1)N1CCCC(C)C1. The van der Waals surface area contributed by atoms with Crippen LogP contribution < -0.4 is 5.32 Å². The van der Waals surface area contributed by atoms with Gasteiger partial charge < -0.3 is 10.2 Å². The Labute approximate surface area is 114 Å². The van der Waals surface area contributed by atoms with Gasteiger partial charge in [0.15, 0.2) is 5.96 Å². The van der Waals surface area contributed by atoms with Gasteiger partial charge >= 0.3 is 0 Å². The molecule has 1 aliphatic rings. The molecule has 1 aliphatic heterocycles. The standard InChI is InChI=1S/C15H22FN3/c1-12-4-3-9-19(11-12)15(17-2)18-10-13-5-7-14(16)8-6-13/h5-8,12H,3-4,9-11H2,1-2H3,(H,17,18). The van der Waals surface area contributed by atoms with Gasteiger partial charge in [-0.2, -0.15) is 0 Å². The van der Waals surface area contributed by atoms with E-state index in [-0.39, 0.29) is 5.82 Å². The van der Waals surface area contributed by atoms with Gasteiger partial charge in [0.05, 0.1) is 0 Å². The molecule has 104 valence electrons. The molecule has 1 atom stereocenters. The predicted octanol–water partition coefficient (Wildman–Crippen LogP) is 2.63. The van der Waals surface area contributed by atoms with Crippen molar-refractivity contribution in [3.8, 4) is 0 Å². The van der Waals surface area contributed by atoms with Gasteiger partial charge in [0.25, 0.3) is 0 Å². The molecular weight excluding hydrogens is 241 g/mol. The van der Waals surface area contributed by atoms with Gasteiger partial charge in [-0.25, -0.2) is 4.39 Å². The molecule has 0 spiro atoms. The molecule has 3 nitrogen and oxygen atoms in total. The van der Waals surface area contributed by atoms with Gasteiger partial charge in [0.2, 0.25) is 0 Å². The van der Waals surface area contributed by atoms with Crippen LogP contribution in [0.15, 0.2) is 29.3 Å². The zero-order valence-corrected chi connectivity index (χ0v) is 11.7. The van der Waals surface area contributed by atoms with Gasteiger partial charge in [0, 0.05) is 26.7 Å². The largest absolute Gasteiger partial charge is 0.352 e. The van der Waals surface area contributed by atoms with Crippen molar-refractivity contribution in [2.24, 2.45) is 10.9 Å². The number of nitrogens with zero attached hydrogens (tertiary/aromatic N) is 2. The summed E-state index contributed by atoms with van der Waals surface area (Å²) in [6.45, 7) is 5.08. The average Bonchev–Trinajstić information content (AvgIpc) is 2.42. The molecule has 0 radical (unpaired) electrons. The molecule has 4 heteroatoms. The summed E-state index contributed by atoms with van der Waals surface area (Å²) in [6, 6.07) is 6.58. The Balaban J connectivity index is 1.90. The molecular formula is C15H22FN3. The van der Waals surface area contributed by atoms with Gasteiger partial charge in [0.1, 0.15) is 5.82 Å². The first-order valence-corrected chi connectivity index (χ1v) is 6.89. The van der Waals surface area contributed by atoms with Crippen LogP contribution in [0.1, 0.15) is 25.3 Å². The Morgan fingerprint density at radius 2 is 2.16 bits per heavy atom. The number of halogens is 1. The second-order valence-electron chi connectivity index (χ2n) is 5.22. The number of guanidine groups is 1. The Morgan fingerprint density at radius 1 is 1.42 bits per heavy atom. The van der Waals surface area contributed by atoms with Crippen LogP contribution in [0, 0.1) is 11.7 Å². The number of hydrogen-bond acceptors (Lipinski definition) is 1. The summed E-state index contributed by atoms with van der Waals surface area (Å²) in [5.41, 5.74) is 1.06. The highest BCUT2D eigenvalue weighted by Gasteiger charge is 2.18. The topological polar surface area (TPSA) is 27.6 Å². The van der Waals surface area contributed by atoms with Crippen LogP contribution >= 0.6 is 0 Å². The van der Waals surface area contributed by atoms with Crippen LogP contribution in [0.3, 0.4) is 0 Å². The monoisotopic (exact) mass is 263 g/mol. The van der Waals surface area contributed by atoms with E-state index in [9.17, 15) is 4.39 Å². The molecule has 1 heterocycles. The summed E-state index contributed by atoms with van der Waals surface area (Å²) >= 11 is 0. The Bertz CT molecular complexity index is 428.